The van der Waals surface area contributed by atoms with Crippen LogP contribution in [0.2, 0.25) is 0 Å². The fourth-order valence-electron chi connectivity index (χ4n) is 1.31. The van der Waals surface area contributed by atoms with Gasteiger partial charge in [-0.3, -0.25) is 4.79 Å². The summed E-state index contributed by atoms with van der Waals surface area (Å²) in [5.74, 6) is -0.469. The first-order valence-electron chi connectivity index (χ1n) is 5.68. The third-order valence-electron chi connectivity index (χ3n) is 2.50. The summed E-state index contributed by atoms with van der Waals surface area (Å²) in [6.45, 7) is 3.20. The molecule has 0 aliphatic carbocycles. The second kappa shape index (κ2) is 5.86. The second-order valence-corrected chi connectivity index (χ2v) is 7.02. The Morgan fingerprint density at radius 1 is 1.39 bits per heavy atom. The van der Waals surface area contributed by atoms with Crippen molar-refractivity contribution in [2.75, 3.05) is 16.8 Å². The molecule has 6 heteroatoms. The fraction of sp³-hybridized carbons (Fsp3) is 0.417. The zero-order valence-electron chi connectivity index (χ0n) is 10.5. The average Bonchev–Trinajstić information content (AvgIpc) is 2.26. The van der Waals surface area contributed by atoms with Crippen LogP contribution in [-0.4, -0.2) is 25.3 Å². The number of hydrogen-bond acceptors (Lipinski definition) is 4. The lowest BCUT2D eigenvalue weighted by molar-refractivity contribution is -0.115. The molecule has 100 valence electrons. The van der Waals surface area contributed by atoms with Crippen molar-refractivity contribution in [2.45, 2.75) is 25.5 Å². The lowest BCUT2D eigenvalue weighted by Gasteiger charge is -2.08. The van der Waals surface area contributed by atoms with Crippen LogP contribution in [0.25, 0.3) is 0 Å². The Morgan fingerprint density at radius 2 is 2.06 bits per heavy atom. The number of amides is 1. The van der Waals surface area contributed by atoms with Crippen molar-refractivity contribution in [3.05, 3.63) is 24.3 Å². The van der Waals surface area contributed by atoms with Crippen molar-refractivity contribution in [3.63, 3.8) is 0 Å². The first-order valence-corrected chi connectivity index (χ1v) is 7.40. The van der Waals surface area contributed by atoms with Crippen molar-refractivity contribution in [3.8, 4) is 0 Å². The Bertz CT molecular complexity index is 524. The van der Waals surface area contributed by atoms with Crippen LogP contribution in [-0.2, 0) is 14.6 Å². The molecule has 0 unspecified atom stereocenters. The molecule has 0 radical (unpaired) electrons. The molecule has 1 aromatic carbocycles. The molecule has 0 heterocycles. The average molecular weight is 270 g/mol. The second-order valence-electron chi connectivity index (χ2n) is 4.34. The van der Waals surface area contributed by atoms with E-state index in [9.17, 15) is 13.2 Å². The van der Waals surface area contributed by atoms with Crippen LogP contribution < -0.4 is 11.1 Å². The molecule has 0 aliphatic rings. The number of nitrogens with two attached hydrogens (primary N) is 1. The lowest BCUT2D eigenvalue weighted by atomic mass is 10.3. The summed E-state index contributed by atoms with van der Waals surface area (Å²) >= 11 is 0. The number of rotatable bonds is 5. The Kier molecular flexibility index (Phi) is 4.72. The molecule has 0 saturated heterocycles. The number of sulfone groups is 1. The van der Waals surface area contributed by atoms with Crippen LogP contribution in [0, 0.1) is 0 Å². The standard InChI is InChI=1S/C12H18N2O3S/c1-9(2)18(16,17)7-6-12(15)14-11-5-3-4-10(13)8-11/h3-5,8-9H,6-7,13H2,1-2H3,(H,14,15). The van der Waals surface area contributed by atoms with Crippen molar-refractivity contribution < 1.29 is 13.2 Å². The van der Waals surface area contributed by atoms with Gasteiger partial charge in [0.05, 0.1) is 11.0 Å². The largest absolute Gasteiger partial charge is 0.399 e. The van der Waals surface area contributed by atoms with Crippen LogP contribution in [0.15, 0.2) is 24.3 Å². The molecule has 1 aromatic rings. The first-order chi connectivity index (χ1) is 8.31. The van der Waals surface area contributed by atoms with E-state index in [1.54, 1.807) is 38.1 Å². The number of anilines is 2. The predicted octanol–water partition coefficient (Wildman–Crippen LogP) is 1.42. The maximum Gasteiger partial charge on any atom is 0.225 e. The van der Waals surface area contributed by atoms with Gasteiger partial charge in [-0.05, 0) is 32.0 Å². The van der Waals surface area contributed by atoms with E-state index in [0.717, 1.165) is 0 Å². The number of carbonyl (C=O) groups is 1. The molecule has 0 fully saturated rings. The van der Waals surface area contributed by atoms with Gasteiger partial charge in [0.15, 0.2) is 9.84 Å². The van der Waals surface area contributed by atoms with Gasteiger partial charge in [-0.25, -0.2) is 8.42 Å². The summed E-state index contributed by atoms with van der Waals surface area (Å²) in [4.78, 5) is 11.6. The summed E-state index contributed by atoms with van der Waals surface area (Å²) in [5.41, 5.74) is 6.69. The minimum absolute atomic E-state index is 0.0463. The van der Waals surface area contributed by atoms with Gasteiger partial charge in [-0.1, -0.05) is 6.07 Å². The maximum absolute atomic E-state index is 11.6. The summed E-state index contributed by atoms with van der Waals surface area (Å²) in [5, 5.41) is 2.15. The van der Waals surface area contributed by atoms with E-state index in [0.29, 0.717) is 11.4 Å². The highest BCUT2D eigenvalue weighted by atomic mass is 32.2. The number of carbonyl (C=O) groups excluding carboxylic acids is 1. The van der Waals surface area contributed by atoms with E-state index < -0.39 is 15.1 Å². The van der Waals surface area contributed by atoms with E-state index in [2.05, 4.69) is 5.32 Å². The summed E-state index contributed by atoms with van der Waals surface area (Å²) in [6, 6.07) is 6.74. The van der Waals surface area contributed by atoms with Crippen molar-refractivity contribution in [1.29, 1.82) is 0 Å². The van der Waals surface area contributed by atoms with Gasteiger partial charge in [0, 0.05) is 17.8 Å². The van der Waals surface area contributed by atoms with Crippen molar-refractivity contribution in [2.24, 2.45) is 0 Å². The minimum atomic E-state index is -3.18. The molecule has 1 rings (SSSR count). The number of benzene rings is 1. The van der Waals surface area contributed by atoms with Gasteiger partial charge in [0.1, 0.15) is 0 Å². The SMILES string of the molecule is CC(C)S(=O)(=O)CCC(=O)Nc1cccc(N)c1. The van der Waals surface area contributed by atoms with E-state index in [1.165, 1.54) is 0 Å². The molecule has 0 aliphatic heterocycles. The quantitative estimate of drug-likeness (QED) is 0.792. The van der Waals surface area contributed by atoms with Crippen LogP contribution in [0.4, 0.5) is 11.4 Å². The van der Waals surface area contributed by atoms with Gasteiger partial charge in [-0.15, -0.1) is 0 Å². The van der Waals surface area contributed by atoms with Crippen LogP contribution >= 0.6 is 0 Å². The minimum Gasteiger partial charge on any atom is -0.399 e. The smallest absolute Gasteiger partial charge is 0.225 e. The normalized spacial score (nSPS) is 11.5. The van der Waals surface area contributed by atoms with Crippen molar-refractivity contribution in [1.82, 2.24) is 0 Å². The third kappa shape index (κ3) is 4.37. The molecule has 3 N–H and O–H groups in total. The maximum atomic E-state index is 11.6. The fourth-order valence-corrected chi connectivity index (χ4v) is 2.25. The van der Waals surface area contributed by atoms with Gasteiger partial charge in [0.2, 0.25) is 5.91 Å². The van der Waals surface area contributed by atoms with Gasteiger partial charge in [-0.2, -0.15) is 0 Å². The van der Waals surface area contributed by atoms with E-state index in [1.807, 2.05) is 0 Å². The van der Waals surface area contributed by atoms with Crippen LogP contribution in [0.3, 0.4) is 0 Å². The summed E-state index contributed by atoms with van der Waals surface area (Å²) in [6.07, 6.45) is -0.0463. The Balaban J connectivity index is 2.53. The van der Waals surface area contributed by atoms with Gasteiger partial charge < -0.3 is 11.1 Å². The highest BCUT2D eigenvalue weighted by Gasteiger charge is 2.17. The van der Waals surface area contributed by atoms with Crippen LogP contribution in [0.1, 0.15) is 20.3 Å². The van der Waals surface area contributed by atoms with E-state index in [4.69, 9.17) is 5.73 Å². The molecule has 0 atom stereocenters. The van der Waals surface area contributed by atoms with Crippen LogP contribution in [0.5, 0.6) is 0 Å². The molecule has 5 nitrogen and oxygen atoms in total. The zero-order valence-corrected chi connectivity index (χ0v) is 11.3. The third-order valence-corrected chi connectivity index (χ3v) is 4.71. The Morgan fingerprint density at radius 3 is 2.61 bits per heavy atom. The van der Waals surface area contributed by atoms with E-state index in [-0.39, 0.29) is 18.1 Å². The number of hydrogen-bond donors (Lipinski definition) is 2. The topological polar surface area (TPSA) is 89.3 Å². The number of nitrogens with one attached hydrogen (secondary N) is 1. The molecule has 18 heavy (non-hydrogen) atoms. The molecule has 1 amide bonds. The highest BCUT2D eigenvalue weighted by molar-refractivity contribution is 7.91. The van der Waals surface area contributed by atoms with E-state index >= 15 is 0 Å². The lowest BCUT2D eigenvalue weighted by Crippen LogP contribution is -2.22. The molecule has 0 aromatic heterocycles. The summed E-state index contributed by atoms with van der Waals surface area (Å²) in [7, 11) is -3.18. The van der Waals surface area contributed by atoms with Gasteiger partial charge >= 0.3 is 0 Å². The predicted molar refractivity (Wildman–Crippen MR) is 73.0 cm³/mol. The Hall–Kier alpha value is -1.56. The highest BCUT2D eigenvalue weighted by Crippen LogP contribution is 2.12. The summed E-state index contributed by atoms with van der Waals surface area (Å²) < 4.78 is 23.1. The monoisotopic (exact) mass is 270 g/mol. The molecular weight excluding hydrogens is 252 g/mol. The molecular formula is C12H18N2O3S. The number of nitrogen functional groups attached to an aromatic ring is 1. The molecule has 0 spiro atoms. The zero-order chi connectivity index (χ0) is 13.8. The van der Waals surface area contributed by atoms with Gasteiger partial charge in [0.25, 0.3) is 0 Å². The first kappa shape index (κ1) is 14.5. The van der Waals surface area contributed by atoms with Crippen molar-refractivity contribution >= 4 is 27.1 Å². The molecule has 0 bridgehead atoms. The Labute approximate surface area is 107 Å². The molecule has 0 saturated carbocycles.